The van der Waals surface area contributed by atoms with Crippen LogP contribution in [-0.4, -0.2) is 69.8 Å². The quantitative estimate of drug-likeness (QED) is 0.0517. The van der Waals surface area contributed by atoms with Crippen molar-refractivity contribution >= 4 is 57.4 Å². The molecular weight excluding hydrogens is 811 g/mol. The maximum Gasteiger partial charge on any atom is 0.343 e. The van der Waals surface area contributed by atoms with Crippen molar-refractivity contribution in [3.05, 3.63) is 141 Å². The number of anilines is 1. The minimum absolute atomic E-state index is 0.0108. The summed E-state index contributed by atoms with van der Waals surface area (Å²) in [5.41, 5.74) is 3.93. The summed E-state index contributed by atoms with van der Waals surface area (Å²) >= 11 is 2.06. The van der Waals surface area contributed by atoms with E-state index in [0.717, 1.165) is 12.8 Å². The third-order valence-corrected chi connectivity index (χ3v) is 9.68. The first-order valence-electron chi connectivity index (χ1n) is 18.1. The number of rotatable bonds is 14. The molecule has 1 aliphatic heterocycles. The van der Waals surface area contributed by atoms with Crippen LogP contribution in [0.4, 0.5) is 5.82 Å². The topological polar surface area (TPSA) is 147 Å². The first-order chi connectivity index (χ1) is 26.9. The van der Waals surface area contributed by atoms with Crippen molar-refractivity contribution in [3.8, 4) is 11.4 Å². The Bertz CT molecular complexity index is 2240. The standard InChI is InChI=1S/C42H39IN6O6/c1-2-44-39(50)33-22-32(41(52)54-31-18-19-53-25-31)34(23-35(33)55-40(51)30-16-10-5-11-17-30)49-26-46-36-37(47-42(43)48-38(36)49)45-24-29(20-27-12-6-3-7-13-27)21-28-14-8-4-9-15-28/h3-17,22-23,26,29,31H,2,18-21,24-25H2,1H3,(H,44,50)(H,45,47,48). The molecule has 13 heteroatoms. The van der Waals surface area contributed by atoms with Crippen LogP contribution < -0.4 is 15.4 Å². The lowest BCUT2D eigenvalue weighted by molar-refractivity contribution is 0.0270. The normalized spacial score (nSPS) is 13.8. The van der Waals surface area contributed by atoms with Gasteiger partial charge in [-0.15, -0.1) is 0 Å². The Kier molecular flexibility index (Phi) is 12.1. The number of nitrogens with one attached hydrogen (secondary N) is 2. The van der Waals surface area contributed by atoms with Crippen molar-refractivity contribution in [3.63, 3.8) is 0 Å². The van der Waals surface area contributed by atoms with Gasteiger partial charge < -0.3 is 24.8 Å². The smallest absolute Gasteiger partial charge is 0.343 e. The number of hydrogen-bond acceptors (Lipinski definition) is 10. The SMILES string of the molecule is CCNC(=O)c1cc(C(=O)OC2CCOC2)c(-n2cnc3c(NCC(Cc4ccccc4)Cc4ccccc4)nc(I)nc32)cc1OC(=O)c1ccccc1. The predicted octanol–water partition coefficient (Wildman–Crippen LogP) is 6.85. The molecule has 1 atom stereocenters. The Morgan fingerprint density at radius 3 is 2.20 bits per heavy atom. The van der Waals surface area contributed by atoms with E-state index < -0.39 is 23.9 Å². The van der Waals surface area contributed by atoms with Gasteiger partial charge >= 0.3 is 11.9 Å². The lowest BCUT2D eigenvalue weighted by atomic mass is 9.92. The molecule has 0 bridgehead atoms. The summed E-state index contributed by atoms with van der Waals surface area (Å²) in [7, 11) is 0. The largest absolute Gasteiger partial charge is 0.456 e. The van der Waals surface area contributed by atoms with Gasteiger partial charge in [0.15, 0.2) is 20.8 Å². The Morgan fingerprint density at radius 1 is 0.891 bits per heavy atom. The molecule has 1 fully saturated rings. The molecule has 12 nitrogen and oxygen atoms in total. The Labute approximate surface area is 331 Å². The fraction of sp³-hybridized carbons (Fsp3) is 0.238. The summed E-state index contributed by atoms with van der Waals surface area (Å²) in [4.78, 5) is 54.9. The van der Waals surface area contributed by atoms with E-state index in [-0.39, 0.29) is 35.1 Å². The third-order valence-electron chi connectivity index (χ3n) is 9.19. The van der Waals surface area contributed by atoms with Crippen LogP contribution in [0, 0.1) is 9.75 Å². The van der Waals surface area contributed by atoms with E-state index in [2.05, 4.69) is 57.5 Å². The second kappa shape index (κ2) is 17.6. The molecule has 0 radical (unpaired) electrons. The van der Waals surface area contributed by atoms with Crippen molar-refractivity contribution in [2.24, 2.45) is 5.92 Å². The summed E-state index contributed by atoms with van der Waals surface area (Å²) in [6.07, 6.45) is 3.32. The van der Waals surface area contributed by atoms with Gasteiger partial charge in [-0.1, -0.05) is 78.9 Å². The second-order valence-corrected chi connectivity index (χ2v) is 14.1. The minimum atomic E-state index is -0.675. The van der Waals surface area contributed by atoms with E-state index in [9.17, 15) is 14.4 Å². The van der Waals surface area contributed by atoms with E-state index in [0.29, 0.717) is 52.5 Å². The highest BCUT2D eigenvalue weighted by Gasteiger charge is 2.29. The molecule has 4 aromatic carbocycles. The fourth-order valence-electron chi connectivity index (χ4n) is 6.53. The summed E-state index contributed by atoms with van der Waals surface area (Å²) in [6.45, 7) is 3.41. The summed E-state index contributed by atoms with van der Waals surface area (Å²) in [5.74, 6) is -1.17. The van der Waals surface area contributed by atoms with Crippen LogP contribution in [0.2, 0.25) is 0 Å². The molecule has 7 rings (SSSR count). The molecule has 1 saturated heterocycles. The third kappa shape index (κ3) is 9.18. The van der Waals surface area contributed by atoms with Crippen molar-refractivity contribution in [1.29, 1.82) is 0 Å². The fourth-order valence-corrected chi connectivity index (χ4v) is 7.00. The Hall–Kier alpha value is -5.67. The van der Waals surface area contributed by atoms with Gasteiger partial charge in [0.05, 0.1) is 35.6 Å². The van der Waals surface area contributed by atoms with E-state index >= 15 is 0 Å². The molecule has 0 aliphatic carbocycles. The number of imidazole rings is 1. The van der Waals surface area contributed by atoms with Crippen LogP contribution in [0.15, 0.2) is 109 Å². The van der Waals surface area contributed by atoms with Gasteiger partial charge in [0, 0.05) is 48.2 Å². The maximum absolute atomic E-state index is 14.0. The molecule has 6 aromatic rings. The summed E-state index contributed by atoms with van der Waals surface area (Å²) in [5, 5.41) is 6.31. The Balaban J connectivity index is 1.28. The van der Waals surface area contributed by atoms with Gasteiger partial charge in [0.1, 0.15) is 18.2 Å². The summed E-state index contributed by atoms with van der Waals surface area (Å²) in [6, 6.07) is 32.1. The van der Waals surface area contributed by atoms with Gasteiger partial charge in [0.2, 0.25) is 0 Å². The van der Waals surface area contributed by atoms with Crippen LogP contribution in [-0.2, 0) is 22.3 Å². The number of ether oxygens (including phenoxy) is 3. The molecule has 280 valence electrons. The minimum Gasteiger partial charge on any atom is -0.456 e. The molecule has 0 spiro atoms. The van der Waals surface area contributed by atoms with Crippen LogP contribution in [0.5, 0.6) is 5.75 Å². The zero-order valence-electron chi connectivity index (χ0n) is 30.1. The highest BCUT2D eigenvalue weighted by atomic mass is 127. The molecule has 2 N–H and O–H groups in total. The van der Waals surface area contributed by atoms with Crippen molar-refractivity contribution in [2.75, 3.05) is 31.6 Å². The first kappa shape index (κ1) is 37.6. The number of nitrogens with zero attached hydrogens (tertiary/aromatic N) is 4. The van der Waals surface area contributed by atoms with Gasteiger partial charge in [-0.05, 0) is 55.0 Å². The molecule has 55 heavy (non-hydrogen) atoms. The average Bonchev–Trinajstić information content (AvgIpc) is 3.88. The number of carbonyl (C=O) groups is 3. The van der Waals surface area contributed by atoms with Crippen LogP contribution in [0.3, 0.4) is 0 Å². The molecule has 1 amide bonds. The monoisotopic (exact) mass is 850 g/mol. The van der Waals surface area contributed by atoms with Crippen LogP contribution in [0.1, 0.15) is 55.5 Å². The lowest BCUT2D eigenvalue weighted by Gasteiger charge is -2.19. The van der Waals surface area contributed by atoms with E-state index in [1.165, 1.54) is 29.6 Å². The van der Waals surface area contributed by atoms with Gasteiger partial charge in [-0.3, -0.25) is 9.36 Å². The highest BCUT2D eigenvalue weighted by molar-refractivity contribution is 14.1. The molecule has 1 aliphatic rings. The van der Waals surface area contributed by atoms with Gasteiger partial charge in [-0.2, -0.15) is 0 Å². The number of hydrogen-bond donors (Lipinski definition) is 2. The average molecular weight is 851 g/mol. The number of esters is 2. The zero-order chi connectivity index (χ0) is 38.1. The number of fused-ring (bicyclic) bond motifs is 1. The number of halogens is 1. The molecule has 2 aromatic heterocycles. The molecule has 1 unspecified atom stereocenters. The van der Waals surface area contributed by atoms with Gasteiger partial charge in [0.25, 0.3) is 5.91 Å². The zero-order valence-corrected chi connectivity index (χ0v) is 32.3. The number of benzene rings is 4. The van der Waals surface area contributed by atoms with Crippen LogP contribution in [0.25, 0.3) is 16.9 Å². The molecular formula is C42H39IN6O6. The summed E-state index contributed by atoms with van der Waals surface area (Å²) < 4.78 is 19.2. The van der Waals surface area contributed by atoms with E-state index in [1.807, 2.05) is 36.4 Å². The van der Waals surface area contributed by atoms with Gasteiger partial charge in [-0.25, -0.2) is 24.5 Å². The lowest BCUT2D eigenvalue weighted by Crippen LogP contribution is -2.26. The predicted molar refractivity (Wildman–Crippen MR) is 216 cm³/mol. The van der Waals surface area contributed by atoms with Crippen molar-refractivity contribution in [1.82, 2.24) is 24.8 Å². The Morgan fingerprint density at radius 2 is 1.56 bits per heavy atom. The first-order valence-corrected chi connectivity index (χ1v) is 19.2. The second-order valence-electron chi connectivity index (χ2n) is 13.1. The van der Waals surface area contributed by atoms with E-state index in [1.54, 1.807) is 41.8 Å². The highest BCUT2D eigenvalue weighted by Crippen LogP contribution is 2.32. The molecule has 0 saturated carbocycles. The molecule has 3 heterocycles. The van der Waals surface area contributed by atoms with Crippen molar-refractivity contribution in [2.45, 2.75) is 32.3 Å². The van der Waals surface area contributed by atoms with E-state index in [4.69, 9.17) is 29.2 Å². The van der Waals surface area contributed by atoms with Crippen molar-refractivity contribution < 1.29 is 28.6 Å². The van der Waals surface area contributed by atoms with Crippen LogP contribution >= 0.6 is 22.6 Å². The number of aromatic nitrogens is 4. The number of amides is 1. The maximum atomic E-state index is 14.0. The number of carbonyl (C=O) groups excluding carboxylic acids is 3.